The Bertz CT molecular complexity index is 1040. The Morgan fingerprint density at radius 2 is 2.00 bits per heavy atom. The fourth-order valence-electron chi connectivity index (χ4n) is 4.70. The van der Waals surface area contributed by atoms with E-state index in [0.29, 0.717) is 16.8 Å². The zero-order chi connectivity index (χ0) is 21.6. The molecular weight excluding hydrogens is 382 g/mol. The lowest BCUT2D eigenvalue weighted by molar-refractivity contribution is -0.117. The number of hydrogen-bond acceptors (Lipinski definition) is 5. The first-order chi connectivity index (χ1) is 14.3. The Labute approximate surface area is 176 Å². The maximum atomic E-state index is 12.6. The van der Waals surface area contributed by atoms with Crippen molar-refractivity contribution in [2.45, 2.75) is 52.6 Å². The molecule has 2 aliphatic rings. The molecule has 2 aromatic rings. The smallest absolute Gasteiger partial charge is 0.338 e. The Balaban J connectivity index is 1.46. The Morgan fingerprint density at radius 1 is 1.23 bits per heavy atom. The molecule has 0 radical (unpaired) electrons. The Hall–Kier alpha value is -3.09. The molecule has 158 valence electrons. The lowest BCUT2D eigenvalue weighted by atomic mass is 10.1. The molecule has 7 heteroatoms. The second-order valence-electron chi connectivity index (χ2n) is 8.32. The molecule has 1 saturated heterocycles. The first kappa shape index (κ1) is 20.2. The van der Waals surface area contributed by atoms with Crippen LogP contribution in [-0.4, -0.2) is 41.4 Å². The number of amides is 1. The summed E-state index contributed by atoms with van der Waals surface area (Å²) < 4.78 is 7.38. The molecular formula is C23H27N3O4. The number of ether oxygens (including phenoxy) is 1. The number of rotatable bonds is 5. The normalized spacial score (nSPS) is 17.6. The number of aryl methyl sites for hydroxylation is 1. The minimum atomic E-state index is -0.582. The molecule has 3 heterocycles. The van der Waals surface area contributed by atoms with E-state index in [1.807, 2.05) is 26.0 Å². The van der Waals surface area contributed by atoms with Crippen LogP contribution in [0.5, 0.6) is 0 Å². The van der Waals surface area contributed by atoms with E-state index in [4.69, 9.17) is 4.74 Å². The summed E-state index contributed by atoms with van der Waals surface area (Å²) in [6.07, 6.45) is 1.81. The molecule has 4 rings (SSSR count). The fourth-order valence-corrected chi connectivity index (χ4v) is 4.70. The van der Waals surface area contributed by atoms with Crippen LogP contribution in [0, 0.1) is 13.8 Å². The summed E-state index contributed by atoms with van der Waals surface area (Å²) in [5.41, 5.74) is 4.30. The molecule has 0 saturated carbocycles. The highest BCUT2D eigenvalue weighted by Crippen LogP contribution is 2.37. The lowest BCUT2D eigenvalue weighted by Crippen LogP contribution is -2.43. The van der Waals surface area contributed by atoms with Gasteiger partial charge >= 0.3 is 5.97 Å². The number of nitrogens with one attached hydrogen (secondary N) is 1. The van der Waals surface area contributed by atoms with Crippen molar-refractivity contribution in [2.24, 2.45) is 0 Å². The monoisotopic (exact) mass is 409 g/mol. The number of benzene rings is 1. The quantitative estimate of drug-likeness (QED) is 0.602. The summed E-state index contributed by atoms with van der Waals surface area (Å²) in [5, 5.41) is 2.89. The van der Waals surface area contributed by atoms with E-state index in [1.54, 1.807) is 12.1 Å². The van der Waals surface area contributed by atoms with Crippen LogP contribution in [-0.2, 0) is 9.53 Å². The third kappa shape index (κ3) is 3.38. The molecule has 1 atom stereocenters. The Morgan fingerprint density at radius 3 is 2.70 bits per heavy atom. The maximum absolute atomic E-state index is 12.6. The van der Waals surface area contributed by atoms with Gasteiger partial charge in [-0.3, -0.25) is 9.59 Å². The van der Waals surface area contributed by atoms with Crippen molar-refractivity contribution >= 4 is 29.0 Å². The van der Waals surface area contributed by atoms with Gasteiger partial charge in [0.1, 0.15) is 6.04 Å². The van der Waals surface area contributed by atoms with Crippen molar-refractivity contribution < 1.29 is 19.1 Å². The molecule has 1 aromatic carbocycles. The SMILES string of the molecule is Cc1cc(C(=O)COC(=O)c2ccc3c(c2)NC(=O)[C@H]2CCCN32)c(C)n1C(C)C. The van der Waals surface area contributed by atoms with Crippen LogP contribution in [0.2, 0.25) is 0 Å². The number of carbonyl (C=O) groups is 3. The van der Waals surface area contributed by atoms with Crippen molar-refractivity contribution in [3.63, 3.8) is 0 Å². The minimum Gasteiger partial charge on any atom is -0.454 e. The number of aromatic nitrogens is 1. The molecule has 0 unspecified atom stereocenters. The van der Waals surface area contributed by atoms with Gasteiger partial charge in [-0.25, -0.2) is 4.79 Å². The molecule has 2 aliphatic heterocycles. The summed E-state index contributed by atoms with van der Waals surface area (Å²) in [6, 6.07) is 7.10. The molecule has 1 amide bonds. The minimum absolute atomic E-state index is 0.0406. The third-order valence-corrected chi connectivity index (χ3v) is 5.99. The van der Waals surface area contributed by atoms with E-state index in [9.17, 15) is 14.4 Å². The number of fused-ring (bicyclic) bond motifs is 3. The standard InChI is InChI=1S/C23H27N3O4/c1-13(2)26-14(3)10-17(15(26)4)21(27)12-30-23(29)16-7-8-19-18(11-16)24-22(28)20-6-5-9-25(19)20/h7-8,10-11,13,20H,5-6,9,12H2,1-4H3,(H,24,28)/t20-/m1/s1. The van der Waals surface area contributed by atoms with E-state index in [2.05, 4.69) is 28.6 Å². The second-order valence-corrected chi connectivity index (χ2v) is 8.32. The molecule has 0 spiro atoms. The highest BCUT2D eigenvalue weighted by Gasteiger charge is 2.36. The van der Waals surface area contributed by atoms with E-state index in [0.717, 1.165) is 36.5 Å². The fraction of sp³-hybridized carbons (Fsp3) is 0.435. The number of Topliss-reactive ketones (excluding diaryl/α,β-unsaturated/α-hetero) is 1. The highest BCUT2D eigenvalue weighted by molar-refractivity contribution is 6.06. The summed E-state index contributed by atoms with van der Waals surface area (Å²) in [4.78, 5) is 39.5. The maximum Gasteiger partial charge on any atom is 0.338 e. The van der Waals surface area contributed by atoms with Gasteiger partial charge in [0.25, 0.3) is 0 Å². The van der Waals surface area contributed by atoms with Crippen molar-refractivity contribution in [2.75, 3.05) is 23.4 Å². The molecule has 7 nitrogen and oxygen atoms in total. The van der Waals surface area contributed by atoms with E-state index in [-0.39, 0.29) is 30.4 Å². The van der Waals surface area contributed by atoms with Gasteiger partial charge in [-0.05, 0) is 64.8 Å². The van der Waals surface area contributed by atoms with Gasteiger partial charge in [0.2, 0.25) is 11.7 Å². The predicted molar refractivity (Wildman–Crippen MR) is 114 cm³/mol. The molecule has 1 aromatic heterocycles. The van der Waals surface area contributed by atoms with Gasteiger partial charge in [-0.1, -0.05) is 0 Å². The van der Waals surface area contributed by atoms with Crippen LogP contribution < -0.4 is 10.2 Å². The first-order valence-corrected chi connectivity index (χ1v) is 10.4. The lowest BCUT2D eigenvalue weighted by Gasteiger charge is -2.33. The predicted octanol–water partition coefficient (Wildman–Crippen LogP) is 3.65. The van der Waals surface area contributed by atoms with E-state index < -0.39 is 5.97 Å². The van der Waals surface area contributed by atoms with Crippen LogP contribution in [0.15, 0.2) is 24.3 Å². The molecule has 0 aliphatic carbocycles. The summed E-state index contributed by atoms with van der Waals surface area (Å²) in [5.74, 6) is -0.850. The number of hydrogen-bond donors (Lipinski definition) is 1. The average molecular weight is 409 g/mol. The Kier molecular flexibility index (Phi) is 5.13. The van der Waals surface area contributed by atoms with Gasteiger partial charge in [0.15, 0.2) is 6.61 Å². The van der Waals surface area contributed by atoms with Crippen LogP contribution in [0.1, 0.15) is 64.8 Å². The van der Waals surface area contributed by atoms with Crippen LogP contribution >= 0.6 is 0 Å². The third-order valence-electron chi connectivity index (χ3n) is 5.99. The van der Waals surface area contributed by atoms with Gasteiger partial charge in [0.05, 0.1) is 16.9 Å². The van der Waals surface area contributed by atoms with Crippen molar-refractivity contribution in [3.05, 3.63) is 46.8 Å². The van der Waals surface area contributed by atoms with Crippen molar-refractivity contribution in [1.82, 2.24) is 4.57 Å². The van der Waals surface area contributed by atoms with Crippen molar-refractivity contribution in [1.29, 1.82) is 0 Å². The average Bonchev–Trinajstić information content (AvgIpc) is 3.30. The molecule has 1 fully saturated rings. The molecule has 0 bridgehead atoms. The van der Waals surface area contributed by atoms with E-state index in [1.165, 1.54) is 0 Å². The van der Waals surface area contributed by atoms with Gasteiger partial charge in [0, 0.05) is 29.5 Å². The van der Waals surface area contributed by atoms with E-state index >= 15 is 0 Å². The first-order valence-electron chi connectivity index (χ1n) is 10.4. The van der Waals surface area contributed by atoms with Crippen LogP contribution in [0.3, 0.4) is 0 Å². The summed E-state index contributed by atoms with van der Waals surface area (Å²) >= 11 is 0. The number of carbonyl (C=O) groups excluding carboxylic acids is 3. The molecule has 1 N–H and O–H groups in total. The zero-order valence-corrected chi connectivity index (χ0v) is 17.8. The largest absolute Gasteiger partial charge is 0.454 e. The number of anilines is 2. The van der Waals surface area contributed by atoms with Crippen LogP contribution in [0.4, 0.5) is 11.4 Å². The summed E-state index contributed by atoms with van der Waals surface area (Å²) in [6.45, 7) is 8.50. The topological polar surface area (TPSA) is 80.6 Å². The van der Waals surface area contributed by atoms with Gasteiger partial charge in [-0.15, -0.1) is 0 Å². The molecule has 30 heavy (non-hydrogen) atoms. The summed E-state index contributed by atoms with van der Waals surface area (Å²) in [7, 11) is 0. The van der Waals surface area contributed by atoms with Crippen LogP contribution in [0.25, 0.3) is 0 Å². The van der Waals surface area contributed by atoms with Gasteiger partial charge < -0.3 is 19.5 Å². The highest BCUT2D eigenvalue weighted by atomic mass is 16.5. The van der Waals surface area contributed by atoms with Crippen molar-refractivity contribution in [3.8, 4) is 0 Å². The number of ketones is 1. The number of nitrogens with zero attached hydrogens (tertiary/aromatic N) is 2. The number of esters is 1. The second kappa shape index (κ2) is 7.63. The zero-order valence-electron chi connectivity index (χ0n) is 17.8. The van der Waals surface area contributed by atoms with Gasteiger partial charge in [-0.2, -0.15) is 0 Å².